The number of hydrogen-bond acceptors (Lipinski definition) is 3. The van der Waals surface area contributed by atoms with Gasteiger partial charge in [0.2, 0.25) is 0 Å². The van der Waals surface area contributed by atoms with Gasteiger partial charge in [-0.2, -0.15) is 13.2 Å². The summed E-state index contributed by atoms with van der Waals surface area (Å²) in [6.45, 7) is 0.151. The monoisotopic (exact) mass is 387 g/mol. The number of alkyl halides is 3. The van der Waals surface area contributed by atoms with Gasteiger partial charge >= 0.3 is 6.18 Å². The van der Waals surface area contributed by atoms with Crippen molar-refractivity contribution in [1.82, 2.24) is 4.90 Å². The van der Waals surface area contributed by atoms with Gasteiger partial charge in [-0.25, -0.2) is 0 Å². The molecule has 0 atom stereocenters. The van der Waals surface area contributed by atoms with Gasteiger partial charge in [0.05, 0.1) is 10.9 Å². The molecule has 0 radical (unpaired) electrons. The van der Waals surface area contributed by atoms with Crippen LogP contribution in [0.15, 0.2) is 63.8 Å². The molecule has 1 aliphatic rings. The summed E-state index contributed by atoms with van der Waals surface area (Å²) in [6, 6.07) is 12.6. The van der Waals surface area contributed by atoms with E-state index >= 15 is 0 Å². The maximum Gasteiger partial charge on any atom is 0.416 e. The van der Waals surface area contributed by atoms with Gasteiger partial charge in [0, 0.05) is 18.7 Å². The van der Waals surface area contributed by atoms with Gasteiger partial charge in [-0.15, -0.1) is 0 Å². The van der Waals surface area contributed by atoms with Crippen molar-refractivity contribution in [3.05, 3.63) is 81.7 Å². The first-order valence-electron chi connectivity index (χ1n) is 8.83. The average Bonchev–Trinajstić information content (AvgIpc) is 3.50. The summed E-state index contributed by atoms with van der Waals surface area (Å²) in [5.41, 5.74) is -0.142. The Hall–Kier alpha value is -3.09. The van der Waals surface area contributed by atoms with Crippen molar-refractivity contribution in [2.45, 2.75) is 31.6 Å². The van der Waals surface area contributed by atoms with Gasteiger partial charge in [0.25, 0.3) is 5.91 Å². The molecule has 7 heteroatoms. The van der Waals surface area contributed by atoms with Gasteiger partial charge in [0.1, 0.15) is 5.58 Å². The molecule has 0 unspecified atom stereocenters. The first-order chi connectivity index (χ1) is 13.3. The van der Waals surface area contributed by atoms with E-state index in [2.05, 4.69) is 0 Å². The van der Waals surface area contributed by atoms with Crippen LogP contribution in [0.4, 0.5) is 13.2 Å². The molecule has 0 saturated heterocycles. The topological polar surface area (TPSA) is 50.5 Å². The molecule has 1 heterocycles. The van der Waals surface area contributed by atoms with E-state index in [1.165, 1.54) is 18.2 Å². The van der Waals surface area contributed by atoms with E-state index in [4.69, 9.17) is 4.42 Å². The van der Waals surface area contributed by atoms with Crippen LogP contribution in [0.2, 0.25) is 0 Å². The minimum Gasteiger partial charge on any atom is -0.451 e. The highest BCUT2D eigenvalue weighted by atomic mass is 19.4. The largest absolute Gasteiger partial charge is 0.451 e. The fourth-order valence-corrected chi connectivity index (χ4v) is 3.10. The number of para-hydroxylation sites is 1. The summed E-state index contributed by atoms with van der Waals surface area (Å²) < 4.78 is 43.8. The molecule has 1 aromatic heterocycles. The molecular formula is C21H16F3NO3. The van der Waals surface area contributed by atoms with Gasteiger partial charge in [-0.05, 0) is 42.7 Å². The minimum absolute atomic E-state index is 0.00781. The van der Waals surface area contributed by atoms with Crippen molar-refractivity contribution in [3.8, 4) is 0 Å². The number of hydrogen-bond donors (Lipinski definition) is 0. The number of rotatable bonds is 4. The number of halogens is 3. The third-order valence-electron chi connectivity index (χ3n) is 4.73. The highest BCUT2D eigenvalue weighted by Gasteiger charge is 2.35. The Morgan fingerprint density at radius 2 is 1.75 bits per heavy atom. The fourth-order valence-electron chi connectivity index (χ4n) is 3.10. The van der Waals surface area contributed by atoms with Crippen molar-refractivity contribution in [2.75, 3.05) is 0 Å². The zero-order valence-corrected chi connectivity index (χ0v) is 14.7. The molecule has 1 saturated carbocycles. The van der Waals surface area contributed by atoms with Crippen molar-refractivity contribution < 1.29 is 22.4 Å². The molecule has 4 rings (SSSR count). The predicted molar refractivity (Wildman–Crippen MR) is 96.8 cm³/mol. The maximum absolute atomic E-state index is 13.0. The zero-order valence-electron chi connectivity index (χ0n) is 14.7. The lowest BCUT2D eigenvalue weighted by molar-refractivity contribution is -0.137. The van der Waals surface area contributed by atoms with Gasteiger partial charge in [0.15, 0.2) is 11.2 Å². The van der Waals surface area contributed by atoms with Crippen LogP contribution in [0.25, 0.3) is 11.0 Å². The SMILES string of the molecule is O=C(c1cc(=O)c2ccccc2o1)N(Cc1ccc(C(F)(F)F)cc1)C1CC1. The molecule has 0 bridgehead atoms. The normalized spacial score (nSPS) is 14.2. The molecule has 2 aromatic carbocycles. The zero-order chi connectivity index (χ0) is 19.9. The van der Waals surface area contributed by atoms with Gasteiger partial charge in [-0.3, -0.25) is 9.59 Å². The third kappa shape index (κ3) is 3.65. The summed E-state index contributed by atoms with van der Waals surface area (Å²) in [6.07, 6.45) is -2.78. The van der Waals surface area contributed by atoms with Crippen molar-refractivity contribution in [2.24, 2.45) is 0 Å². The number of carbonyl (C=O) groups is 1. The van der Waals surface area contributed by atoms with Crippen LogP contribution in [-0.4, -0.2) is 16.8 Å². The third-order valence-corrected chi connectivity index (χ3v) is 4.73. The van der Waals surface area contributed by atoms with Crippen LogP contribution in [0.1, 0.15) is 34.5 Å². The van der Waals surface area contributed by atoms with E-state index in [-0.39, 0.29) is 23.8 Å². The van der Waals surface area contributed by atoms with Crippen LogP contribution < -0.4 is 5.43 Å². The summed E-state index contributed by atoms with van der Waals surface area (Å²) in [7, 11) is 0. The number of nitrogens with zero attached hydrogens (tertiary/aromatic N) is 1. The molecule has 3 aromatic rings. The molecule has 1 aliphatic carbocycles. The standard InChI is InChI=1S/C21H16F3NO3/c22-21(23,24)14-7-5-13(6-8-14)12-25(15-9-10-15)20(27)19-11-17(26)16-3-1-2-4-18(16)28-19/h1-8,11,15H,9-10,12H2. The summed E-state index contributed by atoms with van der Waals surface area (Å²) in [5.74, 6) is -0.507. The number of carbonyl (C=O) groups excluding carboxylic acids is 1. The lowest BCUT2D eigenvalue weighted by atomic mass is 10.1. The summed E-state index contributed by atoms with van der Waals surface area (Å²) in [5, 5.41) is 0.389. The average molecular weight is 387 g/mol. The molecular weight excluding hydrogens is 371 g/mol. The quantitative estimate of drug-likeness (QED) is 0.657. The van der Waals surface area contributed by atoms with Crippen LogP contribution in [0.3, 0.4) is 0 Å². The van der Waals surface area contributed by atoms with Crippen LogP contribution >= 0.6 is 0 Å². The van der Waals surface area contributed by atoms with Crippen molar-refractivity contribution in [3.63, 3.8) is 0 Å². The Morgan fingerprint density at radius 1 is 1.07 bits per heavy atom. The highest BCUT2D eigenvalue weighted by molar-refractivity contribution is 5.93. The van der Waals surface area contributed by atoms with Crippen molar-refractivity contribution >= 4 is 16.9 Å². The molecule has 1 amide bonds. The molecule has 0 aliphatic heterocycles. The second kappa shape index (κ2) is 6.82. The van der Waals surface area contributed by atoms with Crippen LogP contribution in [-0.2, 0) is 12.7 Å². The molecule has 0 spiro atoms. The van der Waals surface area contributed by atoms with Gasteiger partial charge < -0.3 is 9.32 Å². The van der Waals surface area contributed by atoms with Crippen LogP contribution in [0.5, 0.6) is 0 Å². The van der Waals surface area contributed by atoms with Crippen LogP contribution in [0, 0.1) is 0 Å². The molecule has 0 N–H and O–H groups in total. The number of amides is 1. The number of fused-ring (bicyclic) bond motifs is 1. The molecule has 144 valence electrons. The van der Waals surface area contributed by atoms with E-state index < -0.39 is 17.6 Å². The Kier molecular flexibility index (Phi) is 4.45. The number of benzene rings is 2. The van der Waals surface area contributed by atoms with E-state index in [1.54, 1.807) is 29.2 Å². The Bertz CT molecular complexity index is 1080. The van der Waals surface area contributed by atoms with E-state index in [9.17, 15) is 22.8 Å². The fraction of sp³-hybridized carbons (Fsp3) is 0.238. The van der Waals surface area contributed by atoms with E-state index in [1.807, 2.05) is 0 Å². The lowest BCUT2D eigenvalue weighted by Gasteiger charge is -2.22. The second-order valence-corrected chi connectivity index (χ2v) is 6.83. The van der Waals surface area contributed by atoms with Gasteiger partial charge in [-0.1, -0.05) is 24.3 Å². The summed E-state index contributed by atoms with van der Waals surface area (Å²) >= 11 is 0. The highest BCUT2D eigenvalue weighted by Crippen LogP contribution is 2.32. The first kappa shape index (κ1) is 18.3. The minimum atomic E-state index is -4.40. The molecule has 4 nitrogen and oxygen atoms in total. The molecule has 1 fully saturated rings. The summed E-state index contributed by atoms with van der Waals surface area (Å²) in [4.78, 5) is 26.8. The van der Waals surface area contributed by atoms with E-state index in [0.29, 0.717) is 16.5 Å². The molecule has 28 heavy (non-hydrogen) atoms. The smallest absolute Gasteiger partial charge is 0.416 e. The predicted octanol–water partition coefficient (Wildman–Crippen LogP) is 4.62. The maximum atomic E-state index is 13.0. The van der Waals surface area contributed by atoms with Crippen molar-refractivity contribution in [1.29, 1.82) is 0 Å². The Balaban J connectivity index is 1.62. The Morgan fingerprint density at radius 3 is 2.39 bits per heavy atom. The first-order valence-corrected chi connectivity index (χ1v) is 8.83. The Labute approximate surface area is 158 Å². The second-order valence-electron chi connectivity index (χ2n) is 6.83. The lowest BCUT2D eigenvalue weighted by Crippen LogP contribution is -2.33. The van der Waals surface area contributed by atoms with E-state index in [0.717, 1.165) is 25.0 Å².